The zero-order valence-electron chi connectivity index (χ0n) is 15.8. The van der Waals surface area contributed by atoms with E-state index in [0.29, 0.717) is 24.8 Å². The van der Waals surface area contributed by atoms with Gasteiger partial charge in [-0.15, -0.1) is 0 Å². The molecule has 1 aromatic rings. The van der Waals surface area contributed by atoms with Crippen molar-refractivity contribution in [3.05, 3.63) is 42.2 Å². The zero-order valence-corrected chi connectivity index (χ0v) is 15.8. The van der Waals surface area contributed by atoms with Crippen molar-refractivity contribution in [3.8, 4) is 5.75 Å². The summed E-state index contributed by atoms with van der Waals surface area (Å²) in [5.41, 5.74) is 0.865. The van der Waals surface area contributed by atoms with Gasteiger partial charge in [0.1, 0.15) is 6.10 Å². The molecular formula is C22H28FNO2. The lowest BCUT2D eigenvalue weighted by atomic mass is 9.68. The van der Waals surface area contributed by atoms with Crippen LogP contribution in [0.15, 0.2) is 36.4 Å². The maximum Gasteiger partial charge on any atom is 0.232 e. The Morgan fingerprint density at radius 1 is 1.23 bits per heavy atom. The third-order valence-electron chi connectivity index (χ3n) is 7.16. The van der Waals surface area contributed by atoms with E-state index < -0.39 is 0 Å². The van der Waals surface area contributed by atoms with Crippen LogP contribution in [0.25, 0.3) is 0 Å². The first-order chi connectivity index (χ1) is 12.3. The van der Waals surface area contributed by atoms with Crippen LogP contribution in [0.4, 0.5) is 4.39 Å². The molecule has 2 aliphatic carbocycles. The maximum absolute atomic E-state index is 13.8. The van der Waals surface area contributed by atoms with E-state index in [1.54, 1.807) is 18.2 Å². The lowest BCUT2D eigenvalue weighted by molar-refractivity contribution is -0.141. The van der Waals surface area contributed by atoms with Gasteiger partial charge in [-0.25, -0.2) is 4.39 Å². The van der Waals surface area contributed by atoms with Crippen LogP contribution in [0, 0.1) is 22.6 Å². The minimum Gasteiger partial charge on any atom is -0.487 e. The fourth-order valence-electron chi connectivity index (χ4n) is 5.32. The van der Waals surface area contributed by atoms with Gasteiger partial charge in [0.2, 0.25) is 5.91 Å². The molecular weight excluding hydrogens is 329 g/mol. The van der Waals surface area contributed by atoms with Crippen LogP contribution in [-0.4, -0.2) is 30.0 Å². The van der Waals surface area contributed by atoms with Gasteiger partial charge in [0.25, 0.3) is 0 Å². The van der Waals surface area contributed by atoms with Gasteiger partial charge < -0.3 is 9.64 Å². The van der Waals surface area contributed by atoms with Crippen LogP contribution in [-0.2, 0) is 4.79 Å². The van der Waals surface area contributed by atoms with Crippen molar-refractivity contribution in [1.29, 1.82) is 0 Å². The van der Waals surface area contributed by atoms with Crippen LogP contribution in [0.3, 0.4) is 0 Å². The second kappa shape index (κ2) is 6.11. The van der Waals surface area contributed by atoms with Crippen LogP contribution < -0.4 is 4.74 Å². The molecule has 2 bridgehead atoms. The largest absolute Gasteiger partial charge is 0.487 e. The average Bonchev–Trinajstić information content (AvgIpc) is 3.16. The molecule has 1 amide bonds. The minimum atomic E-state index is -0.340. The molecule has 2 atom stereocenters. The predicted molar refractivity (Wildman–Crippen MR) is 99.3 cm³/mol. The summed E-state index contributed by atoms with van der Waals surface area (Å²) in [4.78, 5) is 15.4. The average molecular weight is 357 g/mol. The van der Waals surface area contributed by atoms with E-state index in [4.69, 9.17) is 4.74 Å². The summed E-state index contributed by atoms with van der Waals surface area (Å²) in [5, 5.41) is 0. The van der Waals surface area contributed by atoms with Gasteiger partial charge >= 0.3 is 0 Å². The number of likely N-dealkylation sites (tertiary alicyclic amines) is 1. The molecule has 1 saturated heterocycles. The Balaban J connectivity index is 1.40. The van der Waals surface area contributed by atoms with Gasteiger partial charge in [-0.1, -0.05) is 38.1 Å². The second-order valence-electron chi connectivity index (χ2n) is 8.76. The van der Waals surface area contributed by atoms with Crippen LogP contribution in [0.5, 0.6) is 5.75 Å². The summed E-state index contributed by atoms with van der Waals surface area (Å²) in [6.07, 6.45) is 4.50. The summed E-state index contributed by atoms with van der Waals surface area (Å²) in [5.74, 6) is 0.826. The molecule has 1 heterocycles. The Morgan fingerprint density at radius 3 is 2.54 bits per heavy atom. The Hall–Kier alpha value is -1.84. The molecule has 2 saturated carbocycles. The van der Waals surface area contributed by atoms with Gasteiger partial charge in [0, 0.05) is 25.9 Å². The zero-order chi connectivity index (χ0) is 18.5. The Morgan fingerprint density at radius 2 is 1.92 bits per heavy atom. The number of nitrogens with zero attached hydrogens (tertiary/aromatic N) is 1. The van der Waals surface area contributed by atoms with Gasteiger partial charge in [0.05, 0.1) is 5.41 Å². The molecule has 1 aromatic carbocycles. The smallest absolute Gasteiger partial charge is 0.232 e. The molecule has 0 spiro atoms. The monoisotopic (exact) mass is 357 g/mol. The molecule has 3 fully saturated rings. The standard InChI is InChI=1S/C22H28FNO2/c1-15-21(2,3)16-8-11-22(15,14-16)20(25)24-12-9-17(10-13-24)26-19-7-5-4-6-18(19)23/h4-7,16-17H,1,8-14H2,2-3H3. The molecule has 2 unspecified atom stereocenters. The molecule has 140 valence electrons. The Labute approximate surface area is 155 Å². The normalized spacial score (nSPS) is 30.7. The van der Waals surface area contributed by atoms with E-state index in [2.05, 4.69) is 20.4 Å². The molecule has 4 rings (SSSR count). The van der Waals surface area contributed by atoms with Crippen molar-refractivity contribution in [3.63, 3.8) is 0 Å². The van der Waals surface area contributed by atoms with E-state index >= 15 is 0 Å². The maximum atomic E-state index is 13.8. The first kappa shape index (κ1) is 17.6. The first-order valence-corrected chi connectivity index (χ1v) is 9.75. The Kier molecular flexibility index (Phi) is 4.13. The number of carbonyl (C=O) groups is 1. The van der Waals surface area contributed by atoms with Crippen molar-refractivity contribution in [1.82, 2.24) is 4.90 Å². The molecule has 0 N–H and O–H groups in total. The summed E-state index contributed by atoms with van der Waals surface area (Å²) < 4.78 is 19.6. The number of fused-ring (bicyclic) bond motifs is 2. The number of hydrogen-bond donors (Lipinski definition) is 0. The molecule has 3 aliphatic rings. The lowest BCUT2D eigenvalue weighted by Crippen LogP contribution is -2.49. The number of para-hydroxylation sites is 1. The number of carbonyl (C=O) groups excluding carboxylic acids is 1. The highest BCUT2D eigenvalue weighted by Crippen LogP contribution is 2.66. The third kappa shape index (κ3) is 2.57. The van der Waals surface area contributed by atoms with Gasteiger partial charge in [-0.05, 0) is 42.7 Å². The van der Waals surface area contributed by atoms with Crippen molar-refractivity contribution < 1.29 is 13.9 Å². The van der Waals surface area contributed by atoms with E-state index in [-0.39, 0.29) is 28.7 Å². The minimum absolute atomic E-state index is 0.0343. The fraction of sp³-hybridized carbons (Fsp3) is 0.591. The van der Waals surface area contributed by atoms with Gasteiger partial charge in [-0.3, -0.25) is 4.79 Å². The van der Waals surface area contributed by atoms with E-state index in [1.165, 1.54) is 6.07 Å². The number of amides is 1. The summed E-state index contributed by atoms with van der Waals surface area (Å²) in [6, 6.07) is 6.51. The van der Waals surface area contributed by atoms with Gasteiger partial charge in [-0.2, -0.15) is 0 Å². The molecule has 1 aliphatic heterocycles. The fourth-order valence-corrected chi connectivity index (χ4v) is 5.32. The third-order valence-corrected chi connectivity index (χ3v) is 7.16. The van der Waals surface area contributed by atoms with E-state index in [9.17, 15) is 9.18 Å². The van der Waals surface area contributed by atoms with Gasteiger partial charge in [0.15, 0.2) is 11.6 Å². The van der Waals surface area contributed by atoms with E-state index in [1.807, 2.05) is 4.90 Å². The summed E-state index contributed by atoms with van der Waals surface area (Å²) in [6.45, 7) is 10.2. The summed E-state index contributed by atoms with van der Waals surface area (Å²) in [7, 11) is 0. The highest BCUT2D eigenvalue weighted by Gasteiger charge is 2.61. The number of benzene rings is 1. The number of hydrogen-bond acceptors (Lipinski definition) is 2. The van der Waals surface area contributed by atoms with E-state index in [0.717, 1.165) is 37.7 Å². The number of rotatable bonds is 3. The number of halogens is 1. The highest BCUT2D eigenvalue weighted by molar-refractivity contribution is 5.87. The molecule has 0 aromatic heterocycles. The quantitative estimate of drug-likeness (QED) is 0.741. The number of piperidine rings is 1. The van der Waals surface area contributed by atoms with Crippen LogP contribution in [0.1, 0.15) is 46.0 Å². The molecule has 3 nitrogen and oxygen atoms in total. The van der Waals surface area contributed by atoms with Crippen LogP contribution >= 0.6 is 0 Å². The van der Waals surface area contributed by atoms with Crippen molar-refractivity contribution in [2.24, 2.45) is 16.7 Å². The second-order valence-corrected chi connectivity index (χ2v) is 8.76. The van der Waals surface area contributed by atoms with Crippen molar-refractivity contribution in [2.45, 2.75) is 52.1 Å². The predicted octanol–water partition coefficient (Wildman–Crippen LogP) is 4.58. The summed E-state index contributed by atoms with van der Waals surface area (Å²) >= 11 is 0. The van der Waals surface area contributed by atoms with Crippen molar-refractivity contribution >= 4 is 5.91 Å². The molecule has 0 radical (unpaired) electrons. The van der Waals surface area contributed by atoms with Crippen LogP contribution in [0.2, 0.25) is 0 Å². The number of ether oxygens (including phenoxy) is 1. The van der Waals surface area contributed by atoms with Crippen molar-refractivity contribution in [2.75, 3.05) is 13.1 Å². The highest BCUT2D eigenvalue weighted by atomic mass is 19.1. The Bertz CT molecular complexity index is 735. The first-order valence-electron chi connectivity index (χ1n) is 9.75. The SMILES string of the molecule is C=C1C2(C(=O)N3CCC(Oc4ccccc4F)CC3)CCC(C2)C1(C)C. The topological polar surface area (TPSA) is 29.5 Å². The molecule has 4 heteroatoms. The lowest BCUT2D eigenvalue weighted by Gasteiger charge is -2.41. The molecule has 26 heavy (non-hydrogen) atoms.